The van der Waals surface area contributed by atoms with Crippen LogP contribution in [0.1, 0.15) is 26.7 Å². The van der Waals surface area contributed by atoms with Gasteiger partial charge in [-0.05, 0) is 0 Å². The van der Waals surface area contributed by atoms with Crippen LogP contribution in [0.3, 0.4) is 0 Å². The Kier molecular flexibility index (Phi) is 14.3. The Morgan fingerprint density at radius 1 is 1.20 bits per heavy atom. The van der Waals surface area contributed by atoms with Crippen molar-refractivity contribution in [3.05, 3.63) is 0 Å². The number of hydrogen-bond acceptors (Lipinski definition) is 1. The molecule has 0 aromatic heterocycles. The quantitative estimate of drug-likeness (QED) is 0.417. The second-order valence-corrected chi connectivity index (χ2v) is 1.91. The van der Waals surface area contributed by atoms with Gasteiger partial charge in [-0.3, -0.25) is 4.57 Å². The Labute approximate surface area is 62.0 Å². The number of hydrogen-bond donors (Lipinski definition) is 2. The Bertz CT molecular complexity index is 122. The van der Waals surface area contributed by atoms with Crippen LogP contribution in [0.5, 0.6) is 0 Å². The van der Waals surface area contributed by atoms with Gasteiger partial charge in [-0.1, -0.05) is 13.8 Å². The molecule has 0 heterocycles. The van der Waals surface area contributed by atoms with Crippen LogP contribution in [0.4, 0.5) is 0 Å². The van der Waals surface area contributed by atoms with Crippen LogP contribution in [-0.4, -0.2) is 9.79 Å². The van der Waals surface area contributed by atoms with Crippen molar-refractivity contribution < 1.29 is 14.4 Å². The van der Waals surface area contributed by atoms with E-state index in [0.717, 1.165) is 12.8 Å². The van der Waals surface area contributed by atoms with E-state index in [1.807, 2.05) is 0 Å². The molecule has 10 heavy (non-hydrogen) atoms. The molecule has 0 unspecified atom stereocenters. The third kappa shape index (κ3) is 47.3. The first-order valence-corrected chi connectivity index (χ1v) is 4.33. The van der Waals surface area contributed by atoms with Crippen LogP contribution < -0.4 is 0 Å². The topological polar surface area (TPSA) is 57.5 Å². The van der Waals surface area contributed by atoms with Gasteiger partial charge < -0.3 is 9.79 Å². The molecule has 0 aromatic rings. The van der Waals surface area contributed by atoms with E-state index >= 15 is 0 Å². The summed E-state index contributed by atoms with van der Waals surface area (Å²) in [5.41, 5.74) is 0. The molecule has 0 saturated heterocycles. The molecule has 0 amide bonds. The lowest BCUT2D eigenvalue weighted by atomic mass is 10.4. The fourth-order valence-electron chi connectivity index (χ4n) is 0.250. The fraction of sp³-hybridized carbons (Fsp3) is 0.667. The van der Waals surface area contributed by atoms with E-state index < -0.39 is 8.25 Å². The summed E-state index contributed by atoms with van der Waals surface area (Å²) in [5.74, 6) is 5.90. The van der Waals surface area contributed by atoms with Gasteiger partial charge in [-0.25, -0.2) is 0 Å². The molecular weight excluding hydrogens is 151 g/mol. The molecule has 4 heteroatoms. The first-order chi connectivity index (χ1) is 4.65. The van der Waals surface area contributed by atoms with Gasteiger partial charge in [-0.15, -0.1) is 11.8 Å². The second kappa shape index (κ2) is 11.5. The third-order valence-electron chi connectivity index (χ3n) is 0.479. The maximum absolute atomic E-state index is 8.74. The molecule has 3 nitrogen and oxygen atoms in total. The van der Waals surface area contributed by atoms with Crippen LogP contribution in [0.2, 0.25) is 0 Å². The third-order valence-corrected chi connectivity index (χ3v) is 0.479. The molecule has 0 atom stereocenters. The van der Waals surface area contributed by atoms with E-state index in [1.165, 1.54) is 0 Å². The fourth-order valence-corrected chi connectivity index (χ4v) is 0.250. The standard InChI is InChI=1S/C6H10.H3O3P/c1-3-5-6-4-2;1-4(2)3/h3-4H2,1-2H3;4H,(H2,1,2,3). The second-order valence-electron chi connectivity index (χ2n) is 1.34. The minimum Gasteiger partial charge on any atom is -0.326 e. The van der Waals surface area contributed by atoms with Gasteiger partial charge in [0, 0.05) is 12.8 Å². The molecule has 2 N–H and O–H groups in total. The summed E-state index contributed by atoms with van der Waals surface area (Å²) >= 11 is 0. The maximum atomic E-state index is 8.74. The van der Waals surface area contributed by atoms with E-state index in [2.05, 4.69) is 25.7 Å². The van der Waals surface area contributed by atoms with Gasteiger partial charge in [0.25, 0.3) is 0 Å². The summed E-state index contributed by atoms with van der Waals surface area (Å²) in [6, 6.07) is 0. The van der Waals surface area contributed by atoms with Gasteiger partial charge >= 0.3 is 8.25 Å². The Hall–Kier alpha value is -0.290. The smallest absolute Gasteiger partial charge is 0.314 e. The Morgan fingerprint density at radius 3 is 1.50 bits per heavy atom. The maximum Gasteiger partial charge on any atom is 0.314 e. The van der Waals surface area contributed by atoms with Crippen LogP contribution in [-0.2, 0) is 4.57 Å². The predicted molar refractivity (Wildman–Crippen MR) is 41.8 cm³/mol. The van der Waals surface area contributed by atoms with Crippen molar-refractivity contribution >= 4 is 8.25 Å². The summed E-state index contributed by atoms with van der Waals surface area (Å²) in [5, 5.41) is 0. The first-order valence-electron chi connectivity index (χ1n) is 3.02. The molecule has 0 rings (SSSR count). The SMILES string of the molecule is CCC#CCC.O=[PH](O)O. The summed E-state index contributed by atoms with van der Waals surface area (Å²) < 4.78 is 8.74. The highest BCUT2D eigenvalue weighted by molar-refractivity contribution is 7.30. The van der Waals surface area contributed by atoms with E-state index in [-0.39, 0.29) is 0 Å². The Balaban J connectivity index is 0. The molecule has 0 spiro atoms. The molecule has 0 fully saturated rings. The number of rotatable bonds is 0. The van der Waals surface area contributed by atoms with Crippen molar-refractivity contribution in [2.24, 2.45) is 0 Å². The zero-order valence-electron chi connectivity index (χ0n) is 6.22. The van der Waals surface area contributed by atoms with Crippen LogP contribution >= 0.6 is 8.25 Å². The van der Waals surface area contributed by atoms with Crippen molar-refractivity contribution in [2.75, 3.05) is 0 Å². The molecule has 0 aliphatic heterocycles. The highest BCUT2D eigenvalue weighted by Gasteiger charge is 1.61. The van der Waals surface area contributed by atoms with Crippen molar-refractivity contribution in [1.29, 1.82) is 0 Å². The van der Waals surface area contributed by atoms with Gasteiger partial charge in [0.2, 0.25) is 0 Å². The largest absolute Gasteiger partial charge is 0.326 e. The molecule has 0 aliphatic rings. The lowest BCUT2D eigenvalue weighted by molar-refractivity contribution is 0.405. The first kappa shape index (κ1) is 12.4. The minimum atomic E-state index is -3.13. The van der Waals surface area contributed by atoms with E-state index in [9.17, 15) is 0 Å². The van der Waals surface area contributed by atoms with Crippen molar-refractivity contribution in [3.63, 3.8) is 0 Å². The molecule has 60 valence electrons. The normalized spacial score (nSPS) is 7.30. The van der Waals surface area contributed by atoms with Gasteiger partial charge in [0.05, 0.1) is 0 Å². The van der Waals surface area contributed by atoms with Crippen LogP contribution in [0.25, 0.3) is 0 Å². The van der Waals surface area contributed by atoms with Gasteiger partial charge in [0.1, 0.15) is 0 Å². The molecule has 0 saturated carbocycles. The van der Waals surface area contributed by atoms with Crippen molar-refractivity contribution in [3.8, 4) is 11.8 Å². The molecule has 0 aliphatic carbocycles. The summed E-state index contributed by atoms with van der Waals surface area (Å²) in [4.78, 5) is 14.3. The van der Waals surface area contributed by atoms with Crippen LogP contribution in [0.15, 0.2) is 0 Å². The summed E-state index contributed by atoms with van der Waals surface area (Å²) in [6.45, 7) is 4.12. The van der Waals surface area contributed by atoms with E-state index in [4.69, 9.17) is 14.4 Å². The lowest BCUT2D eigenvalue weighted by Gasteiger charge is -1.65. The van der Waals surface area contributed by atoms with Gasteiger partial charge in [0.15, 0.2) is 0 Å². The zero-order valence-corrected chi connectivity index (χ0v) is 7.22. The molecule has 0 bridgehead atoms. The van der Waals surface area contributed by atoms with Crippen LogP contribution in [0, 0.1) is 11.8 Å². The average Bonchev–Trinajstić information content (AvgIpc) is 1.82. The highest BCUT2D eigenvalue weighted by Crippen LogP contribution is 1.98. The predicted octanol–water partition coefficient (Wildman–Crippen LogP) is 1.17. The van der Waals surface area contributed by atoms with Crippen molar-refractivity contribution in [1.82, 2.24) is 0 Å². The monoisotopic (exact) mass is 164 g/mol. The van der Waals surface area contributed by atoms with Crippen molar-refractivity contribution in [2.45, 2.75) is 26.7 Å². The molecule has 0 radical (unpaired) electrons. The van der Waals surface area contributed by atoms with Gasteiger partial charge in [-0.2, -0.15) is 0 Å². The summed E-state index contributed by atoms with van der Waals surface area (Å²) in [7, 11) is -3.13. The Morgan fingerprint density at radius 2 is 1.40 bits per heavy atom. The minimum absolute atomic E-state index is 0.994. The van der Waals surface area contributed by atoms with E-state index in [1.54, 1.807) is 0 Å². The average molecular weight is 164 g/mol. The molecular formula is C6H13O3P. The zero-order chi connectivity index (χ0) is 8.41. The molecule has 0 aromatic carbocycles. The summed E-state index contributed by atoms with van der Waals surface area (Å²) in [6.07, 6.45) is 1.99. The lowest BCUT2D eigenvalue weighted by Crippen LogP contribution is -1.52. The highest BCUT2D eigenvalue weighted by atomic mass is 31.1. The van der Waals surface area contributed by atoms with E-state index in [0.29, 0.717) is 0 Å².